The molecule has 6 aromatic heterocycles. The molecule has 21 rings (SSSR count). The molecule has 0 aliphatic rings. The van der Waals surface area contributed by atoms with Gasteiger partial charge in [0, 0.05) is 102 Å². The number of hydrogen-bond donors (Lipinski definition) is 0. The Bertz CT molecular complexity index is 6220. The maximum atomic E-state index is 5.09. The fourth-order valence-electron chi connectivity index (χ4n) is 15.5. The average molecular weight is 1660 g/mol. The van der Waals surface area contributed by atoms with Gasteiger partial charge in [-0.2, -0.15) is 0 Å². The first-order valence-corrected chi connectivity index (χ1v) is 40.3. The second-order valence-corrected chi connectivity index (χ2v) is 30.8. The number of halogens is 3. The minimum absolute atomic E-state index is 0.721. The van der Waals surface area contributed by atoms with Gasteiger partial charge >= 0.3 is 0 Å². The highest BCUT2D eigenvalue weighted by atomic mass is 79.9. The number of fused-ring (bicyclic) bond motifs is 9. The Morgan fingerprint density at radius 1 is 0.158 bits per heavy atom. The quantitative estimate of drug-likeness (QED) is 0.122. The minimum atomic E-state index is 0.721. The van der Waals surface area contributed by atoms with Crippen LogP contribution in [0.25, 0.3) is 184 Å². The van der Waals surface area contributed by atoms with Gasteiger partial charge in [0.15, 0.2) is 5.82 Å². The number of benzene rings is 15. The molecule has 7 nitrogen and oxygen atoms in total. The number of pyridine rings is 2. The number of rotatable bonds is 12. The summed E-state index contributed by atoms with van der Waals surface area (Å²) < 4.78 is 10.2. The monoisotopic (exact) mass is 1650 g/mol. The van der Waals surface area contributed by atoms with Crippen molar-refractivity contribution in [3.63, 3.8) is 0 Å². The molecule has 0 radical (unpaired) electrons. The Kier molecular flexibility index (Phi) is 19.5. The summed E-state index contributed by atoms with van der Waals surface area (Å²) >= 11 is 11.0. The van der Waals surface area contributed by atoms with E-state index in [2.05, 4.69) is 419 Å². The molecule has 0 fully saturated rings. The van der Waals surface area contributed by atoms with Gasteiger partial charge in [-0.3, -0.25) is 0 Å². The predicted octanol–water partition coefficient (Wildman–Crippen LogP) is 29.2. The SMILES string of the molecule is Brc1ccc2c3ccccc3n(-c3ccc(-c4cc(-c5ccccc5)cc(-c5ccccc5)n4)cc3)c2c1.Brc1ccc2c3ccccc3n(-c3ccc(-c4cc(-c5ccccc5)nc(-c5ccccc5)c4)cc3)c2c1.Brc1ccc2c3ccccc3n(-c3ccc(-c4cc(-c5ccccc5)nc(-c5ccccc5)n4)cc3)c2c1. The summed E-state index contributed by atoms with van der Waals surface area (Å²) in [6, 6.07) is 144. The van der Waals surface area contributed by atoms with Gasteiger partial charge in [-0.15, -0.1) is 0 Å². The number of para-hydroxylation sites is 3. The van der Waals surface area contributed by atoms with Gasteiger partial charge in [-0.05, 0) is 144 Å². The predicted molar refractivity (Wildman–Crippen MR) is 486 cm³/mol. The molecule has 0 saturated heterocycles. The van der Waals surface area contributed by atoms with Crippen LogP contribution in [0.4, 0.5) is 0 Å². The van der Waals surface area contributed by atoms with Gasteiger partial charge in [-0.1, -0.05) is 339 Å². The van der Waals surface area contributed by atoms with Crippen molar-refractivity contribution in [3.8, 4) is 118 Å². The highest BCUT2D eigenvalue weighted by molar-refractivity contribution is 9.11. The van der Waals surface area contributed by atoms with Crippen molar-refractivity contribution in [1.82, 2.24) is 33.6 Å². The third-order valence-corrected chi connectivity index (χ3v) is 22.5. The van der Waals surface area contributed by atoms with Crippen molar-refractivity contribution >= 4 is 113 Å². The number of nitrogens with zero attached hydrogens (tertiary/aromatic N) is 7. The zero-order valence-electron chi connectivity index (χ0n) is 61.5. The summed E-state index contributed by atoms with van der Waals surface area (Å²) in [5, 5.41) is 7.50. The zero-order chi connectivity index (χ0) is 76.4. The molecule has 6 heterocycles. The topological polar surface area (TPSA) is 66.3 Å². The van der Waals surface area contributed by atoms with Gasteiger partial charge in [0.1, 0.15) is 0 Å². The standard InChI is InChI=1S/2C35H23BrN2.C34H22BrN3/c36-28-17-20-31-30-13-7-8-14-34(30)38(35(31)23-28)29-18-15-24(16-19-29)27-21-32(25-9-3-1-4-10-25)37-33(22-27)26-11-5-2-6-12-26;36-28-17-20-31-30-13-7-8-14-34(30)38(35(31)23-28)29-18-15-26(16-19-29)33-22-27(24-9-3-1-4-10-24)21-32(37-33)25-11-5-2-6-12-25;35-26-17-20-29-28-13-7-8-14-32(28)38(33(29)21-26)27-18-15-24(16-19-27)31-22-30(23-9-3-1-4-10-23)36-34(37-31)25-11-5-2-6-12-25/h2*1-23H;1-22H. The van der Waals surface area contributed by atoms with Crippen LogP contribution in [0.1, 0.15) is 0 Å². The fraction of sp³-hybridized carbons (Fsp3) is 0. The van der Waals surface area contributed by atoms with Crippen LogP contribution >= 0.6 is 47.8 Å². The minimum Gasteiger partial charge on any atom is -0.309 e. The molecule has 0 N–H and O–H groups in total. The molecule has 0 atom stereocenters. The molecule has 0 aliphatic carbocycles. The molecule has 0 saturated carbocycles. The van der Waals surface area contributed by atoms with Crippen LogP contribution < -0.4 is 0 Å². The van der Waals surface area contributed by atoms with E-state index in [0.29, 0.717) is 0 Å². The molecule has 15 aromatic carbocycles. The van der Waals surface area contributed by atoms with E-state index >= 15 is 0 Å². The largest absolute Gasteiger partial charge is 0.309 e. The molecule has 10 heteroatoms. The smallest absolute Gasteiger partial charge is 0.160 e. The Labute approximate surface area is 685 Å². The molecule has 540 valence electrons. The fourth-order valence-corrected chi connectivity index (χ4v) is 16.6. The summed E-state index contributed by atoms with van der Waals surface area (Å²) in [5.41, 5.74) is 28.4. The van der Waals surface area contributed by atoms with E-state index in [0.717, 1.165) is 126 Å². The van der Waals surface area contributed by atoms with Crippen LogP contribution in [-0.2, 0) is 0 Å². The van der Waals surface area contributed by atoms with Crippen LogP contribution in [0, 0.1) is 0 Å². The lowest BCUT2D eigenvalue weighted by Gasteiger charge is -2.12. The maximum Gasteiger partial charge on any atom is 0.160 e. The highest BCUT2D eigenvalue weighted by Crippen LogP contribution is 2.41. The van der Waals surface area contributed by atoms with E-state index in [9.17, 15) is 0 Å². The average Bonchev–Trinajstić information content (AvgIpc) is 1.60. The van der Waals surface area contributed by atoms with Crippen LogP contribution in [0.15, 0.2) is 426 Å². The third kappa shape index (κ3) is 14.2. The molecule has 0 aliphatic heterocycles. The molecular weight excluding hydrogens is 1590 g/mol. The summed E-state index contributed by atoms with van der Waals surface area (Å²) in [7, 11) is 0. The Balaban J connectivity index is 0.000000115. The Morgan fingerprint density at radius 2 is 0.386 bits per heavy atom. The van der Waals surface area contributed by atoms with Gasteiger partial charge < -0.3 is 13.7 Å². The summed E-state index contributed by atoms with van der Waals surface area (Å²) in [5.74, 6) is 0.721. The molecule has 0 unspecified atom stereocenters. The van der Waals surface area contributed by atoms with Crippen LogP contribution in [0.5, 0.6) is 0 Å². The molecule has 0 bridgehead atoms. The lowest BCUT2D eigenvalue weighted by Crippen LogP contribution is -1.97. The van der Waals surface area contributed by atoms with Gasteiger partial charge in [0.25, 0.3) is 0 Å². The van der Waals surface area contributed by atoms with Crippen LogP contribution in [-0.4, -0.2) is 33.6 Å². The zero-order valence-corrected chi connectivity index (χ0v) is 66.3. The lowest BCUT2D eigenvalue weighted by molar-refractivity contribution is 1.17. The second-order valence-electron chi connectivity index (χ2n) is 28.1. The van der Waals surface area contributed by atoms with E-state index in [4.69, 9.17) is 19.9 Å². The van der Waals surface area contributed by atoms with E-state index in [1.807, 2.05) is 54.6 Å². The summed E-state index contributed by atoms with van der Waals surface area (Å²) in [6.45, 7) is 0. The van der Waals surface area contributed by atoms with Crippen LogP contribution in [0.3, 0.4) is 0 Å². The lowest BCUT2D eigenvalue weighted by atomic mass is 10.00. The second kappa shape index (κ2) is 31.4. The molecule has 0 amide bonds. The van der Waals surface area contributed by atoms with Crippen molar-refractivity contribution in [3.05, 3.63) is 426 Å². The molecule has 21 aromatic rings. The number of aromatic nitrogens is 7. The highest BCUT2D eigenvalue weighted by Gasteiger charge is 2.20. The van der Waals surface area contributed by atoms with E-state index < -0.39 is 0 Å². The van der Waals surface area contributed by atoms with E-state index in [1.165, 1.54) is 71.0 Å². The maximum absolute atomic E-state index is 5.09. The summed E-state index contributed by atoms with van der Waals surface area (Å²) in [4.78, 5) is 20.0. The third-order valence-electron chi connectivity index (χ3n) is 21.0. The van der Waals surface area contributed by atoms with Crippen molar-refractivity contribution in [2.45, 2.75) is 0 Å². The van der Waals surface area contributed by atoms with Crippen molar-refractivity contribution in [2.75, 3.05) is 0 Å². The number of hydrogen-bond acceptors (Lipinski definition) is 4. The van der Waals surface area contributed by atoms with Crippen molar-refractivity contribution in [1.29, 1.82) is 0 Å². The molecule has 0 spiro atoms. The Hall–Kier alpha value is -13.5. The first-order valence-electron chi connectivity index (χ1n) is 37.9. The molecular formula is C104H68Br3N7. The van der Waals surface area contributed by atoms with E-state index in [-0.39, 0.29) is 0 Å². The van der Waals surface area contributed by atoms with Crippen LogP contribution in [0.2, 0.25) is 0 Å². The van der Waals surface area contributed by atoms with E-state index in [1.54, 1.807) is 0 Å². The molecule has 114 heavy (non-hydrogen) atoms. The van der Waals surface area contributed by atoms with Gasteiger partial charge in [0.2, 0.25) is 0 Å². The first kappa shape index (κ1) is 70.9. The van der Waals surface area contributed by atoms with Crippen molar-refractivity contribution < 1.29 is 0 Å². The first-order chi connectivity index (χ1) is 56.2. The summed E-state index contributed by atoms with van der Waals surface area (Å²) in [6.07, 6.45) is 0. The van der Waals surface area contributed by atoms with Gasteiger partial charge in [-0.25, -0.2) is 19.9 Å². The van der Waals surface area contributed by atoms with Gasteiger partial charge in [0.05, 0.1) is 67.3 Å². The van der Waals surface area contributed by atoms with Crippen molar-refractivity contribution in [2.24, 2.45) is 0 Å². The Morgan fingerprint density at radius 3 is 0.693 bits per heavy atom. The normalized spacial score (nSPS) is 11.3.